The Morgan fingerprint density at radius 1 is 1.00 bits per heavy atom. The SMILES string of the molecule is Cc1nc(NC(=O)N2CCC(NC(=O)NC3CCCCC3)CC2)sc1C. The molecule has 1 saturated heterocycles. The van der Waals surface area contributed by atoms with Crippen LogP contribution in [0.1, 0.15) is 55.5 Å². The number of aromatic nitrogens is 1. The van der Waals surface area contributed by atoms with Crippen LogP contribution < -0.4 is 16.0 Å². The summed E-state index contributed by atoms with van der Waals surface area (Å²) in [5, 5.41) is 9.69. The number of urea groups is 2. The number of aryl methyl sites for hydroxylation is 2. The fourth-order valence-corrected chi connectivity index (χ4v) is 4.39. The van der Waals surface area contributed by atoms with Gasteiger partial charge in [-0.3, -0.25) is 5.32 Å². The molecule has 3 N–H and O–H groups in total. The first kappa shape index (κ1) is 18.9. The second-order valence-electron chi connectivity index (χ2n) is 7.30. The molecule has 8 heteroatoms. The predicted octanol–water partition coefficient (Wildman–Crippen LogP) is 3.39. The summed E-state index contributed by atoms with van der Waals surface area (Å²) in [5.41, 5.74) is 0.956. The van der Waals surface area contributed by atoms with Crippen LogP contribution in [0.15, 0.2) is 0 Å². The molecule has 0 unspecified atom stereocenters. The van der Waals surface area contributed by atoms with Gasteiger partial charge in [-0.2, -0.15) is 0 Å². The Morgan fingerprint density at radius 2 is 1.62 bits per heavy atom. The zero-order valence-electron chi connectivity index (χ0n) is 15.6. The Kier molecular flexibility index (Phi) is 6.34. The van der Waals surface area contributed by atoms with E-state index in [1.807, 2.05) is 13.8 Å². The van der Waals surface area contributed by atoms with Gasteiger partial charge in [0, 0.05) is 30.1 Å². The highest BCUT2D eigenvalue weighted by Crippen LogP contribution is 2.22. The molecule has 1 aromatic heterocycles. The maximum absolute atomic E-state index is 12.4. The van der Waals surface area contributed by atoms with Crippen LogP contribution >= 0.6 is 11.3 Å². The topological polar surface area (TPSA) is 86.4 Å². The van der Waals surface area contributed by atoms with E-state index in [-0.39, 0.29) is 18.1 Å². The molecular weight excluding hydrogens is 350 g/mol. The maximum Gasteiger partial charge on any atom is 0.323 e. The smallest absolute Gasteiger partial charge is 0.323 e. The number of piperidine rings is 1. The van der Waals surface area contributed by atoms with Crippen molar-refractivity contribution >= 4 is 28.5 Å². The summed E-state index contributed by atoms with van der Waals surface area (Å²) in [4.78, 5) is 31.8. The third-order valence-electron chi connectivity index (χ3n) is 5.30. The average molecular weight is 380 g/mol. The molecule has 0 spiro atoms. The van der Waals surface area contributed by atoms with E-state index >= 15 is 0 Å². The van der Waals surface area contributed by atoms with Gasteiger partial charge in [0.25, 0.3) is 0 Å². The Labute approximate surface area is 158 Å². The number of nitrogens with zero attached hydrogens (tertiary/aromatic N) is 2. The molecule has 0 aromatic carbocycles. The van der Waals surface area contributed by atoms with E-state index in [0.29, 0.717) is 24.3 Å². The van der Waals surface area contributed by atoms with E-state index in [2.05, 4.69) is 20.9 Å². The molecule has 2 fully saturated rings. The first-order valence-corrected chi connectivity index (χ1v) is 10.4. The van der Waals surface area contributed by atoms with Crippen LogP contribution in [0.25, 0.3) is 0 Å². The summed E-state index contributed by atoms with van der Waals surface area (Å²) in [7, 11) is 0. The molecule has 0 atom stereocenters. The number of carbonyl (C=O) groups is 2. The monoisotopic (exact) mass is 379 g/mol. The van der Waals surface area contributed by atoms with Gasteiger partial charge in [0.1, 0.15) is 0 Å². The van der Waals surface area contributed by atoms with Gasteiger partial charge in [-0.15, -0.1) is 11.3 Å². The lowest BCUT2D eigenvalue weighted by molar-refractivity contribution is 0.186. The first-order chi connectivity index (χ1) is 12.5. The summed E-state index contributed by atoms with van der Waals surface area (Å²) in [5.74, 6) is 0. The summed E-state index contributed by atoms with van der Waals surface area (Å²) in [6.07, 6.45) is 7.42. The number of hydrogen-bond donors (Lipinski definition) is 3. The van der Waals surface area contributed by atoms with Crippen LogP contribution in [0, 0.1) is 13.8 Å². The minimum atomic E-state index is -0.108. The van der Waals surface area contributed by atoms with Crippen LogP contribution in [0.2, 0.25) is 0 Å². The Bertz CT molecular complexity index is 614. The number of rotatable bonds is 3. The lowest BCUT2D eigenvalue weighted by Gasteiger charge is -2.32. The minimum Gasteiger partial charge on any atom is -0.335 e. The molecule has 1 aromatic rings. The van der Waals surface area contributed by atoms with Crippen molar-refractivity contribution in [3.05, 3.63) is 10.6 Å². The summed E-state index contributed by atoms with van der Waals surface area (Å²) in [6, 6.07) is 0.282. The quantitative estimate of drug-likeness (QED) is 0.752. The van der Waals surface area contributed by atoms with E-state index in [0.717, 1.165) is 36.3 Å². The van der Waals surface area contributed by atoms with Crippen molar-refractivity contribution in [2.75, 3.05) is 18.4 Å². The van der Waals surface area contributed by atoms with Crippen molar-refractivity contribution in [1.29, 1.82) is 0 Å². The third-order valence-corrected chi connectivity index (χ3v) is 6.29. The standard InChI is InChI=1S/C18H29N5O2S/c1-12-13(2)26-17(19-12)22-18(25)23-10-8-15(9-11-23)21-16(24)20-14-6-4-3-5-7-14/h14-15H,3-11H2,1-2H3,(H,19,22,25)(H2,20,21,24). The van der Waals surface area contributed by atoms with Gasteiger partial charge in [-0.05, 0) is 39.5 Å². The van der Waals surface area contributed by atoms with Gasteiger partial charge in [0.2, 0.25) is 0 Å². The van der Waals surface area contributed by atoms with E-state index in [1.165, 1.54) is 30.6 Å². The Balaban J connectivity index is 1.39. The number of carbonyl (C=O) groups excluding carboxylic acids is 2. The van der Waals surface area contributed by atoms with E-state index < -0.39 is 0 Å². The van der Waals surface area contributed by atoms with E-state index in [1.54, 1.807) is 4.90 Å². The second-order valence-corrected chi connectivity index (χ2v) is 8.51. The molecule has 2 heterocycles. The van der Waals surface area contributed by atoms with Crippen molar-refractivity contribution in [3.63, 3.8) is 0 Å². The van der Waals surface area contributed by atoms with Crippen LogP contribution in [0.5, 0.6) is 0 Å². The second kappa shape index (κ2) is 8.70. The van der Waals surface area contributed by atoms with Crippen molar-refractivity contribution in [3.8, 4) is 0 Å². The molecule has 1 saturated carbocycles. The number of nitrogens with one attached hydrogen (secondary N) is 3. The minimum absolute atomic E-state index is 0.0615. The fraction of sp³-hybridized carbons (Fsp3) is 0.722. The lowest BCUT2D eigenvalue weighted by Crippen LogP contribution is -2.51. The highest BCUT2D eigenvalue weighted by molar-refractivity contribution is 7.15. The highest BCUT2D eigenvalue weighted by Gasteiger charge is 2.25. The van der Waals surface area contributed by atoms with Crippen molar-refractivity contribution < 1.29 is 9.59 Å². The maximum atomic E-state index is 12.4. The van der Waals surface area contributed by atoms with Gasteiger partial charge >= 0.3 is 12.1 Å². The van der Waals surface area contributed by atoms with E-state index in [4.69, 9.17) is 0 Å². The number of likely N-dealkylation sites (tertiary alicyclic amines) is 1. The van der Waals surface area contributed by atoms with Crippen LogP contribution in [0.3, 0.4) is 0 Å². The van der Waals surface area contributed by atoms with Crippen LogP contribution in [-0.4, -0.2) is 47.1 Å². The highest BCUT2D eigenvalue weighted by atomic mass is 32.1. The molecule has 4 amide bonds. The Hall–Kier alpha value is -1.83. The molecular formula is C18H29N5O2S. The van der Waals surface area contributed by atoms with Gasteiger partial charge in [0.05, 0.1) is 5.69 Å². The van der Waals surface area contributed by atoms with E-state index in [9.17, 15) is 9.59 Å². The van der Waals surface area contributed by atoms with Gasteiger partial charge < -0.3 is 15.5 Å². The van der Waals surface area contributed by atoms with Crippen LogP contribution in [-0.2, 0) is 0 Å². The fourth-order valence-electron chi connectivity index (χ4n) is 3.58. The van der Waals surface area contributed by atoms with Crippen molar-refractivity contribution in [1.82, 2.24) is 20.5 Å². The summed E-state index contributed by atoms with van der Waals surface area (Å²) in [6.45, 7) is 5.22. The third kappa shape index (κ3) is 5.09. The molecule has 0 radical (unpaired) electrons. The zero-order chi connectivity index (χ0) is 18.5. The predicted molar refractivity (Wildman–Crippen MR) is 104 cm³/mol. The number of amides is 4. The zero-order valence-corrected chi connectivity index (χ0v) is 16.5. The molecule has 1 aliphatic heterocycles. The van der Waals surface area contributed by atoms with Crippen molar-refractivity contribution in [2.24, 2.45) is 0 Å². The number of thiazole rings is 1. The van der Waals surface area contributed by atoms with Gasteiger partial charge in [-0.25, -0.2) is 14.6 Å². The number of hydrogen-bond acceptors (Lipinski definition) is 4. The summed E-state index contributed by atoms with van der Waals surface area (Å²) >= 11 is 1.50. The molecule has 7 nitrogen and oxygen atoms in total. The Morgan fingerprint density at radius 3 is 2.19 bits per heavy atom. The average Bonchev–Trinajstić information content (AvgIpc) is 2.93. The molecule has 144 valence electrons. The summed E-state index contributed by atoms with van der Waals surface area (Å²) < 4.78 is 0. The molecule has 1 aliphatic carbocycles. The molecule has 3 rings (SSSR count). The molecule has 26 heavy (non-hydrogen) atoms. The molecule has 0 bridgehead atoms. The number of anilines is 1. The van der Waals surface area contributed by atoms with Gasteiger partial charge in [-0.1, -0.05) is 19.3 Å². The molecule has 2 aliphatic rings. The first-order valence-electron chi connectivity index (χ1n) is 9.58. The largest absolute Gasteiger partial charge is 0.335 e. The lowest BCUT2D eigenvalue weighted by atomic mass is 9.96. The van der Waals surface area contributed by atoms with Crippen LogP contribution in [0.4, 0.5) is 14.7 Å². The van der Waals surface area contributed by atoms with Gasteiger partial charge in [0.15, 0.2) is 5.13 Å². The normalized spacial score (nSPS) is 19.2. The van der Waals surface area contributed by atoms with Crippen molar-refractivity contribution in [2.45, 2.75) is 70.9 Å².